The number of likely N-dealkylation sites (N-methyl/N-ethyl adjacent to an activating group) is 1. The minimum absolute atomic E-state index is 0.0287. The molecule has 0 saturated heterocycles. The van der Waals surface area contributed by atoms with Crippen LogP contribution in [0.2, 0.25) is 0 Å². The summed E-state index contributed by atoms with van der Waals surface area (Å²) >= 11 is 0. The fraction of sp³-hybridized carbons (Fsp3) is 0.379. The number of aryl methyl sites for hydroxylation is 2. The lowest BCUT2D eigenvalue weighted by Crippen LogP contribution is -2.37. The predicted molar refractivity (Wildman–Crippen MR) is 154 cm³/mol. The van der Waals surface area contributed by atoms with Gasteiger partial charge in [-0.15, -0.1) is 0 Å². The number of amides is 1. The molecule has 1 aliphatic rings. The zero-order chi connectivity index (χ0) is 30.1. The Morgan fingerprint density at radius 2 is 1.93 bits per heavy atom. The number of benzene rings is 1. The summed E-state index contributed by atoms with van der Waals surface area (Å²) in [7, 11) is 1.78. The van der Waals surface area contributed by atoms with Crippen LogP contribution in [0.15, 0.2) is 36.7 Å². The highest BCUT2D eigenvalue weighted by Gasteiger charge is 2.34. The molecule has 0 spiro atoms. The van der Waals surface area contributed by atoms with Gasteiger partial charge in [0.2, 0.25) is 0 Å². The van der Waals surface area contributed by atoms with Gasteiger partial charge in [0.15, 0.2) is 0 Å². The molecule has 3 heterocycles. The molecule has 4 rings (SSSR count). The van der Waals surface area contributed by atoms with Crippen molar-refractivity contribution >= 4 is 28.6 Å². The smallest absolute Gasteiger partial charge is 0.322 e. The summed E-state index contributed by atoms with van der Waals surface area (Å²) in [5.41, 5.74) is 3.46. The van der Waals surface area contributed by atoms with E-state index in [9.17, 15) is 18.0 Å². The molecule has 0 saturated carbocycles. The summed E-state index contributed by atoms with van der Waals surface area (Å²) in [4.78, 5) is 19.7. The lowest BCUT2D eigenvalue weighted by atomic mass is 9.91. The summed E-state index contributed by atoms with van der Waals surface area (Å²) in [6.45, 7) is 9.39. The Morgan fingerprint density at radius 1 is 1.20 bits per heavy atom. The number of carbonyl (C=O) groups excluding carboxylic acids is 1. The molecule has 12 heteroatoms. The minimum Gasteiger partial charge on any atom is -0.322 e. The number of nitrogens with zero attached hydrogens (tertiary/aromatic N) is 5. The first-order chi connectivity index (χ1) is 19.3. The number of nitrogens with one attached hydrogen (secondary N) is 2. The van der Waals surface area contributed by atoms with Gasteiger partial charge < -0.3 is 15.7 Å². The van der Waals surface area contributed by atoms with Gasteiger partial charge in [-0.25, -0.2) is 5.84 Å². The summed E-state index contributed by atoms with van der Waals surface area (Å²) < 4.78 is 43.7. The zero-order valence-electron chi connectivity index (χ0n) is 23.9. The molecule has 218 valence electrons. The molecule has 4 N–H and O–H groups in total. The Morgan fingerprint density at radius 3 is 2.51 bits per heavy atom. The van der Waals surface area contributed by atoms with E-state index in [0.717, 1.165) is 30.4 Å². The normalized spacial score (nSPS) is 14.1. The van der Waals surface area contributed by atoms with E-state index in [0.29, 0.717) is 35.5 Å². The van der Waals surface area contributed by atoms with Crippen LogP contribution in [-0.2, 0) is 13.2 Å². The summed E-state index contributed by atoms with van der Waals surface area (Å²) in [6.07, 6.45) is 0.933. The molecule has 0 atom stereocenters. The zero-order valence-corrected chi connectivity index (χ0v) is 23.9. The van der Waals surface area contributed by atoms with Gasteiger partial charge in [0.05, 0.1) is 41.0 Å². The van der Waals surface area contributed by atoms with Crippen molar-refractivity contribution in [2.45, 2.75) is 40.3 Å². The van der Waals surface area contributed by atoms with Gasteiger partial charge in [0.1, 0.15) is 0 Å². The van der Waals surface area contributed by atoms with Crippen molar-refractivity contribution in [2.24, 2.45) is 12.9 Å². The Balaban J connectivity index is 1.60. The van der Waals surface area contributed by atoms with E-state index in [1.165, 1.54) is 24.2 Å². The van der Waals surface area contributed by atoms with E-state index >= 15 is 0 Å². The topological polar surface area (TPSA) is 116 Å². The number of aromatic nitrogens is 3. The largest absolute Gasteiger partial charge is 0.416 e. The van der Waals surface area contributed by atoms with E-state index in [1.807, 2.05) is 19.9 Å². The van der Waals surface area contributed by atoms with Crippen molar-refractivity contribution in [3.05, 3.63) is 75.9 Å². The van der Waals surface area contributed by atoms with Gasteiger partial charge in [0.25, 0.3) is 5.91 Å². The van der Waals surface area contributed by atoms with Gasteiger partial charge >= 0.3 is 6.18 Å². The molecular formula is C29H35F3N8O. The van der Waals surface area contributed by atoms with Crippen molar-refractivity contribution in [1.29, 1.82) is 5.41 Å². The van der Waals surface area contributed by atoms with Crippen LogP contribution in [0.4, 0.5) is 24.5 Å². The molecular weight excluding hydrogens is 533 g/mol. The first kappa shape index (κ1) is 29.9. The van der Waals surface area contributed by atoms with Crippen molar-refractivity contribution in [3.8, 4) is 0 Å². The molecule has 0 aliphatic carbocycles. The maximum atomic E-state index is 14.0. The number of hydrogen-bond acceptors (Lipinski definition) is 7. The lowest BCUT2D eigenvalue weighted by Gasteiger charge is -2.26. The quantitative estimate of drug-likeness (QED) is 0.203. The summed E-state index contributed by atoms with van der Waals surface area (Å²) in [5.74, 6) is 5.66. The molecule has 3 aromatic rings. The van der Waals surface area contributed by atoms with Gasteiger partial charge in [-0.2, -0.15) is 18.3 Å². The maximum Gasteiger partial charge on any atom is 0.416 e. The van der Waals surface area contributed by atoms with E-state index in [-0.39, 0.29) is 29.1 Å². The number of halogens is 3. The molecule has 1 aromatic carbocycles. The SMILES string of the molecule is CCN1CC=C(c2cc(NC(=O)c3cnc(C)c(N(N)CC(=N)c4cnn(C)c4C)c3)cc(C(F)(F)F)c2C)CC1. The van der Waals surface area contributed by atoms with Crippen LogP contribution in [0.5, 0.6) is 0 Å². The number of pyridine rings is 1. The van der Waals surface area contributed by atoms with Crippen LogP contribution >= 0.6 is 0 Å². The molecule has 0 fully saturated rings. The van der Waals surface area contributed by atoms with E-state index in [4.69, 9.17) is 11.3 Å². The van der Waals surface area contributed by atoms with Crippen LogP contribution in [0.3, 0.4) is 0 Å². The van der Waals surface area contributed by atoms with Gasteiger partial charge in [0, 0.05) is 43.3 Å². The van der Waals surface area contributed by atoms with Gasteiger partial charge in [-0.3, -0.25) is 19.4 Å². The van der Waals surface area contributed by atoms with E-state index in [1.54, 1.807) is 30.9 Å². The van der Waals surface area contributed by atoms with Crippen LogP contribution in [0, 0.1) is 26.2 Å². The third kappa shape index (κ3) is 6.49. The van der Waals surface area contributed by atoms with Crippen molar-refractivity contribution < 1.29 is 18.0 Å². The number of alkyl halides is 3. The summed E-state index contributed by atoms with van der Waals surface area (Å²) in [6, 6.07) is 4.09. The molecule has 0 bridgehead atoms. The molecule has 0 radical (unpaired) electrons. The average Bonchev–Trinajstić information content (AvgIpc) is 3.26. The monoisotopic (exact) mass is 568 g/mol. The third-order valence-electron chi connectivity index (χ3n) is 7.58. The second kappa shape index (κ2) is 11.8. The molecule has 41 heavy (non-hydrogen) atoms. The minimum atomic E-state index is -4.58. The van der Waals surface area contributed by atoms with Crippen molar-refractivity contribution in [1.82, 2.24) is 19.7 Å². The molecule has 2 aromatic heterocycles. The number of carbonyl (C=O) groups is 1. The predicted octanol–water partition coefficient (Wildman–Crippen LogP) is 4.87. The Labute approximate surface area is 237 Å². The fourth-order valence-corrected chi connectivity index (χ4v) is 4.93. The van der Waals surface area contributed by atoms with Crippen LogP contribution in [0.25, 0.3) is 5.57 Å². The average molecular weight is 569 g/mol. The van der Waals surface area contributed by atoms with Gasteiger partial charge in [-0.1, -0.05) is 13.0 Å². The van der Waals surface area contributed by atoms with Crippen molar-refractivity contribution in [2.75, 3.05) is 36.5 Å². The third-order valence-corrected chi connectivity index (χ3v) is 7.58. The number of nitrogens with two attached hydrogens (primary N) is 1. The Kier molecular flexibility index (Phi) is 8.64. The van der Waals surface area contributed by atoms with Gasteiger partial charge in [-0.05, 0) is 68.6 Å². The second-order valence-corrected chi connectivity index (χ2v) is 10.2. The highest BCUT2D eigenvalue weighted by molar-refractivity contribution is 6.05. The van der Waals surface area contributed by atoms with E-state index in [2.05, 4.69) is 20.3 Å². The fourth-order valence-electron chi connectivity index (χ4n) is 4.93. The number of hydrazine groups is 1. The van der Waals surface area contributed by atoms with E-state index < -0.39 is 17.6 Å². The Bertz CT molecular complexity index is 1510. The summed E-state index contributed by atoms with van der Waals surface area (Å²) in [5, 5.41) is 16.6. The second-order valence-electron chi connectivity index (χ2n) is 10.2. The molecule has 9 nitrogen and oxygen atoms in total. The number of anilines is 2. The highest BCUT2D eigenvalue weighted by atomic mass is 19.4. The first-order valence-corrected chi connectivity index (χ1v) is 13.3. The standard InChI is InChI=1S/C29H35F3N8O/c1-6-39-9-7-20(8-10-39)23-12-22(13-25(17(23)2)29(30,31)32)37-28(41)21-11-27(18(3)35-14-21)40(34)16-26(33)24-15-36-38(5)19(24)4/h7,11-15,33H,6,8-10,16,34H2,1-5H3,(H,37,41). The maximum absolute atomic E-state index is 14.0. The van der Waals surface area contributed by atoms with Crippen LogP contribution in [0.1, 0.15) is 57.3 Å². The number of hydrogen-bond donors (Lipinski definition) is 3. The van der Waals surface area contributed by atoms with Crippen LogP contribution in [-0.4, -0.2) is 57.5 Å². The molecule has 1 aliphatic heterocycles. The molecule has 0 unspecified atom stereocenters. The molecule has 1 amide bonds. The Hall–Kier alpha value is -4.03. The lowest BCUT2D eigenvalue weighted by molar-refractivity contribution is -0.138. The first-order valence-electron chi connectivity index (χ1n) is 13.3. The highest BCUT2D eigenvalue weighted by Crippen LogP contribution is 2.38. The van der Waals surface area contributed by atoms with Crippen LogP contribution < -0.4 is 16.2 Å². The van der Waals surface area contributed by atoms with Crippen molar-refractivity contribution in [3.63, 3.8) is 0 Å². The number of rotatable bonds is 8.